The van der Waals surface area contributed by atoms with Crippen molar-refractivity contribution in [1.29, 1.82) is 0 Å². The first kappa shape index (κ1) is 23.7. The molecule has 3 rings (SSSR count). The van der Waals surface area contributed by atoms with Crippen molar-refractivity contribution in [2.24, 2.45) is 0 Å². The lowest BCUT2D eigenvalue weighted by molar-refractivity contribution is 0.0827. The zero-order chi connectivity index (χ0) is 23.8. The van der Waals surface area contributed by atoms with E-state index in [1.807, 2.05) is 0 Å². The molecule has 1 N–H and O–H groups in total. The number of amides is 1. The zero-order valence-corrected chi connectivity index (χ0v) is 20.4. The van der Waals surface area contributed by atoms with Gasteiger partial charge >= 0.3 is 0 Å². The third-order valence-corrected chi connectivity index (χ3v) is 6.45. The van der Waals surface area contributed by atoms with E-state index in [-0.39, 0.29) is 32.7 Å². The average molecular weight is 476 g/mol. The largest absolute Gasteiger partial charge is 0.345 e. The number of carbonyl (C=O) groups excluding carboxylic acids is 1. The van der Waals surface area contributed by atoms with E-state index in [1.165, 1.54) is 28.0 Å². The van der Waals surface area contributed by atoms with Crippen LogP contribution in [0.25, 0.3) is 5.82 Å². The van der Waals surface area contributed by atoms with Gasteiger partial charge in [0.1, 0.15) is 0 Å². The standard InChI is InChI=1S/C22H26ClN5O3S/c1-14-18(21(29)27(5)6)13-28(25-14)20-19(11-16(23)12-24-20)26-32(30,31)17-9-7-15(8-10-17)22(2,3)4/h7-13,26H,1-6H3. The molecular formula is C22H26ClN5O3S. The van der Waals surface area contributed by atoms with E-state index in [9.17, 15) is 13.2 Å². The molecule has 0 radical (unpaired) electrons. The van der Waals surface area contributed by atoms with Crippen molar-refractivity contribution >= 4 is 33.2 Å². The monoisotopic (exact) mass is 475 g/mol. The van der Waals surface area contributed by atoms with Crippen LogP contribution in [-0.2, 0) is 15.4 Å². The van der Waals surface area contributed by atoms with Crippen molar-refractivity contribution in [3.8, 4) is 5.82 Å². The maximum atomic E-state index is 13.1. The fourth-order valence-electron chi connectivity index (χ4n) is 3.05. The Hall–Kier alpha value is -2.91. The van der Waals surface area contributed by atoms with Crippen LogP contribution in [0.1, 0.15) is 42.4 Å². The summed E-state index contributed by atoms with van der Waals surface area (Å²) in [6.45, 7) is 7.86. The van der Waals surface area contributed by atoms with Crippen LogP contribution in [0.2, 0.25) is 5.02 Å². The number of nitrogens with one attached hydrogen (secondary N) is 1. The highest BCUT2D eigenvalue weighted by Gasteiger charge is 2.22. The molecule has 2 aromatic heterocycles. The van der Waals surface area contributed by atoms with Crippen LogP contribution in [0.3, 0.4) is 0 Å². The molecule has 3 aromatic rings. The number of hydrogen-bond acceptors (Lipinski definition) is 5. The summed E-state index contributed by atoms with van der Waals surface area (Å²) in [5.74, 6) is -0.0195. The average Bonchev–Trinajstić information content (AvgIpc) is 3.07. The molecule has 0 aliphatic heterocycles. The number of benzene rings is 1. The second-order valence-corrected chi connectivity index (χ2v) is 10.8. The number of pyridine rings is 1. The lowest BCUT2D eigenvalue weighted by Crippen LogP contribution is -2.21. The maximum Gasteiger partial charge on any atom is 0.262 e. The Balaban J connectivity index is 2.01. The fraction of sp³-hybridized carbons (Fsp3) is 0.318. The second-order valence-electron chi connectivity index (χ2n) is 8.68. The normalized spacial score (nSPS) is 12.0. The zero-order valence-electron chi connectivity index (χ0n) is 18.8. The first-order chi connectivity index (χ1) is 14.8. The molecule has 0 spiro atoms. The molecule has 0 unspecified atom stereocenters. The van der Waals surface area contributed by atoms with E-state index in [0.29, 0.717) is 11.3 Å². The summed E-state index contributed by atoms with van der Waals surface area (Å²) in [5, 5.41) is 4.60. The van der Waals surface area contributed by atoms with Crippen LogP contribution in [0.15, 0.2) is 47.6 Å². The molecule has 1 amide bonds. The van der Waals surface area contributed by atoms with Crippen LogP contribution in [0.4, 0.5) is 5.69 Å². The van der Waals surface area contributed by atoms with Crippen molar-refractivity contribution < 1.29 is 13.2 Å². The molecule has 0 fully saturated rings. The van der Waals surface area contributed by atoms with E-state index < -0.39 is 10.0 Å². The molecule has 8 nitrogen and oxygen atoms in total. The first-order valence-electron chi connectivity index (χ1n) is 9.87. The highest BCUT2D eigenvalue weighted by Crippen LogP contribution is 2.27. The molecule has 0 aliphatic carbocycles. The number of hydrogen-bond donors (Lipinski definition) is 1. The lowest BCUT2D eigenvalue weighted by atomic mass is 9.87. The molecule has 2 heterocycles. The Morgan fingerprint density at radius 1 is 1.16 bits per heavy atom. The van der Waals surface area contributed by atoms with Gasteiger partial charge in [-0.1, -0.05) is 44.5 Å². The highest BCUT2D eigenvalue weighted by atomic mass is 35.5. The van der Waals surface area contributed by atoms with Crippen LogP contribution < -0.4 is 4.72 Å². The third kappa shape index (κ3) is 4.94. The van der Waals surface area contributed by atoms with Crippen LogP contribution >= 0.6 is 11.6 Å². The molecule has 0 saturated carbocycles. The van der Waals surface area contributed by atoms with E-state index in [1.54, 1.807) is 45.3 Å². The highest BCUT2D eigenvalue weighted by molar-refractivity contribution is 7.92. The van der Waals surface area contributed by atoms with Crippen molar-refractivity contribution in [2.45, 2.75) is 38.0 Å². The summed E-state index contributed by atoms with van der Waals surface area (Å²) in [7, 11) is -0.635. The lowest BCUT2D eigenvalue weighted by Gasteiger charge is -2.19. The molecule has 0 atom stereocenters. The number of nitrogens with zero attached hydrogens (tertiary/aromatic N) is 4. The number of halogens is 1. The molecule has 0 bridgehead atoms. The summed E-state index contributed by atoms with van der Waals surface area (Å²) in [6.07, 6.45) is 2.90. The Bertz CT molecular complexity index is 1260. The summed E-state index contributed by atoms with van der Waals surface area (Å²) in [6, 6.07) is 8.16. The predicted molar refractivity (Wildman–Crippen MR) is 125 cm³/mol. The third-order valence-electron chi connectivity index (χ3n) is 4.86. The van der Waals surface area contributed by atoms with E-state index in [0.717, 1.165) is 5.56 Å². The summed E-state index contributed by atoms with van der Waals surface area (Å²) in [5.41, 5.74) is 1.94. The molecular weight excluding hydrogens is 450 g/mol. The molecule has 32 heavy (non-hydrogen) atoms. The second kappa shape index (κ2) is 8.55. The van der Waals surface area contributed by atoms with Crippen LogP contribution in [0, 0.1) is 6.92 Å². The number of rotatable bonds is 5. The number of sulfonamides is 1. The van der Waals surface area contributed by atoms with E-state index in [4.69, 9.17) is 11.6 Å². The van der Waals surface area contributed by atoms with Crippen molar-refractivity contribution in [3.05, 3.63) is 64.6 Å². The maximum absolute atomic E-state index is 13.1. The van der Waals surface area contributed by atoms with Gasteiger partial charge in [-0.05, 0) is 36.1 Å². The molecule has 10 heteroatoms. The van der Waals surface area contributed by atoms with Gasteiger partial charge in [0.05, 0.1) is 26.9 Å². The summed E-state index contributed by atoms with van der Waals surface area (Å²) >= 11 is 6.09. The Kier molecular flexibility index (Phi) is 6.35. The minimum Gasteiger partial charge on any atom is -0.345 e. The first-order valence-corrected chi connectivity index (χ1v) is 11.7. The summed E-state index contributed by atoms with van der Waals surface area (Å²) in [4.78, 5) is 18.2. The van der Waals surface area contributed by atoms with Crippen LogP contribution in [0.5, 0.6) is 0 Å². The number of aryl methyl sites for hydroxylation is 1. The van der Waals surface area contributed by atoms with Gasteiger partial charge in [0, 0.05) is 26.5 Å². The van der Waals surface area contributed by atoms with Gasteiger partial charge in [0.25, 0.3) is 15.9 Å². The number of carbonyl (C=O) groups is 1. The van der Waals surface area contributed by atoms with Crippen molar-refractivity contribution in [2.75, 3.05) is 18.8 Å². The molecule has 170 valence electrons. The topological polar surface area (TPSA) is 97.2 Å². The van der Waals surface area contributed by atoms with Gasteiger partial charge in [-0.25, -0.2) is 18.1 Å². The van der Waals surface area contributed by atoms with E-state index in [2.05, 4.69) is 35.6 Å². The number of aromatic nitrogens is 3. The van der Waals surface area contributed by atoms with Gasteiger partial charge in [-0.3, -0.25) is 9.52 Å². The smallest absolute Gasteiger partial charge is 0.262 e. The van der Waals surface area contributed by atoms with Gasteiger partial charge in [0.15, 0.2) is 5.82 Å². The van der Waals surface area contributed by atoms with Crippen molar-refractivity contribution in [3.63, 3.8) is 0 Å². The van der Waals surface area contributed by atoms with Crippen molar-refractivity contribution in [1.82, 2.24) is 19.7 Å². The van der Waals surface area contributed by atoms with Gasteiger partial charge < -0.3 is 4.90 Å². The quantitative estimate of drug-likeness (QED) is 0.600. The SMILES string of the molecule is Cc1nn(-c2ncc(Cl)cc2NS(=O)(=O)c2ccc(C(C)(C)C)cc2)cc1C(=O)N(C)C. The van der Waals surface area contributed by atoms with Gasteiger partial charge in [-0.15, -0.1) is 0 Å². The Labute approximate surface area is 193 Å². The predicted octanol–water partition coefficient (Wildman–Crippen LogP) is 4.03. The molecule has 1 aromatic carbocycles. The van der Waals surface area contributed by atoms with Crippen LogP contribution in [-0.4, -0.2) is 48.1 Å². The number of anilines is 1. The minimum absolute atomic E-state index is 0.0978. The summed E-state index contributed by atoms with van der Waals surface area (Å²) < 4.78 is 30.0. The Morgan fingerprint density at radius 3 is 2.34 bits per heavy atom. The van der Waals surface area contributed by atoms with Gasteiger partial charge in [0.2, 0.25) is 0 Å². The molecule has 0 saturated heterocycles. The minimum atomic E-state index is -3.92. The Morgan fingerprint density at radius 2 is 1.78 bits per heavy atom. The van der Waals surface area contributed by atoms with Gasteiger partial charge in [-0.2, -0.15) is 5.10 Å². The van der Waals surface area contributed by atoms with E-state index >= 15 is 0 Å². The molecule has 0 aliphatic rings. The fourth-order valence-corrected chi connectivity index (χ4v) is 4.26.